The minimum absolute atomic E-state index is 0.0559. The van der Waals surface area contributed by atoms with E-state index in [0.717, 1.165) is 6.07 Å². The van der Waals surface area contributed by atoms with Crippen LogP contribution in [0.2, 0.25) is 0 Å². The molecule has 1 N–H and O–H groups in total. The van der Waals surface area contributed by atoms with E-state index in [4.69, 9.17) is 5.26 Å². The van der Waals surface area contributed by atoms with Gasteiger partial charge >= 0.3 is 0 Å². The van der Waals surface area contributed by atoms with Crippen molar-refractivity contribution in [3.63, 3.8) is 0 Å². The van der Waals surface area contributed by atoms with Crippen molar-refractivity contribution in [2.24, 2.45) is 0 Å². The molecule has 0 aliphatic carbocycles. The zero-order valence-electron chi connectivity index (χ0n) is 9.25. The van der Waals surface area contributed by atoms with Crippen LogP contribution in [-0.4, -0.2) is 14.5 Å². The summed E-state index contributed by atoms with van der Waals surface area (Å²) in [5.41, 5.74) is 0. The van der Waals surface area contributed by atoms with Crippen LogP contribution in [0.15, 0.2) is 21.5 Å². The Balaban J connectivity index is 3.18. The molecular weight excluding hydrogens is 330 g/mol. The predicted molar refractivity (Wildman–Crippen MR) is 64.1 cm³/mol. The number of rotatable bonds is 4. The Bertz CT molecular complexity index is 575. The summed E-state index contributed by atoms with van der Waals surface area (Å²) in [5, 5.41) is 8.43. The minimum atomic E-state index is -4.15. The standard InChI is InChI=1S/C10H9BrF2N2O2S/c1-6(2-3-14)15-18(16,17)10-8(11)4-7(12)5-9(10)13/h4-6,15H,2H2,1H3. The number of nitrogens with zero attached hydrogens (tertiary/aromatic N) is 1. The van der Waals surface area contributed by atoms with Crippen LogP contribution >= 0.6 is 15.9 Å². The van der Waals surface area contributed by atoms with Crippen molar-refractivity contribution in [1.82, 2.24) is 4.72 Å². The third-order valence-corrected chi connectivity index (χ3v) is 4.54. The second-order valence-corrected chi connectivity index (χ2v) is 6.09. The van der Waals surface area contributed by atoms with Gasteiger partial charge in [-0.3, -0.25) is 0 Å². The van der Waals surface area contributed by atoms with Gasteiger partial charge in [0.2, 0.25) is 10.0 Å². The number of benzene rings is 1. The Hall–Kier alpha value is -1.04. The Morgan fingerprint density at radius 2 is 2.11 bits per heavy atom. The maximum Gasteiger partial charge on any atom is 0.244 e. The molecule has 1 rings (SSSR count). The van der Waals surface area contributed by atoms with Gasteiger partial charge in [0, 0.05) is 16.6 Å². The number of nitrogens with one attached hydrogen (secondary N) is 1. The van der Waals surface area contributed by atoms with Crippen LogP contribution in [0.5, 0.6) is 0 Å². The van der Waals surface area contributed by atoms with Crippen molar-refractivity contribution in [3.05, 3.63) is 28.2 Å². The molecule has 0 radical (unpaired) electrons. The lowest BCUT2D eigenvalue weighted by molar-refractivity contribution is 0.533. The Morgan fingerprint density at radius 1 is 1.50 bits per heavy atom. The van der Waals surface area contributed by atoms with Gasteiger partial charge in [0.25, 0.3) is 0 Å². The van der Waals surface area contributed by atoms with Gasteiger partial charge in [-0.15, -0.1) is 0 Å². The summed E-state index contributed by atoms with van der Waals surface area (Å²) in [6, 6.07) is 2.45. The fraction of sp³-hybridized carbons (Fsp3) is 0.300. The Labute approximate surface area is 112 Å². The van der Waals surface area contributed by atoms with Crippen molar-refractivity contribution < 1.29 is 17.2 Å². The normalized spacial score (nSPS) is 13.1. The van der Waals surface area contributed by atoms with E-state index in [1.165, 1.54) is 6.92 Å². The summed E-state index contributed by atoms with van der Waals surface area (Å²) < 4.78 is 52.0. The molecule has 0 saturated carbocycles. The van der Waals surface area contributed by atoms with Crippen LogP contribution < -0.4 is 4.72 Å². The number of halogens is 3. The second-order valence-electron chi connectivity index (χ2n) is 3.58. The predicted octanol–water partition coefficient (Wildman–Crippen LogP) is 2.31. The molecule has 0 bridgehead atoms. The quantitative estimate of drug-likeness (QED) is 0.915. The molecule has 98 valence electrons. The van der Waals surface area contributed by atoms with Crippen molar-refractivity contribution >= 4 is 26.0 Å². The van der Waals surface area contributed by atoms with Crippen molar-refractivity contribution in [2.45, 2.75) is 24.3 Å². The zero-order valence-corrected chi connectivity index (χ0v) is 11.6. The summed E-state index contributed by atoms with van der Waals surface area (Å²) >= 11 is 2.80. The van der Waals surface area contributed by atoms with Crippen molar-refractivity contribution in [1.29, 1.82) is 5.26 Å². The van der Waals surface area contributed by atoms with E-state index < -0.39 is 32.6 Å². The highest BCUT2D eigenvalue weighted by Gasteiger charge is 2.25. The highest BCUT2D eigenvalue weighted by molar-refractivity contribution is 9.10. The van der Waals surface area contributed by atoms with Gasteiger partial charge in [0.05, 0.1) is 12.5 Å². The SMILES string of the molecule is CC(CC#N)NS(=O)(=O)c1c(F)cc(F)cc1Br. The first kappa shape index (κ1) is 15.0. The summed E-state index contributed by atoms with van der Waals surface area (Å²) in [5.74, 6) is -2.08. The number of sulfonamides is 1. The first-order valence-corrected chi connectivity index (χ1v) is 7.09. The topological polar surface area (TPSA) is 70.0 Å². The Morgan fingerprint density at radius 3 is 2.61 bits per heavy atom. The molecule has 4 nitrogen and oxygen atoms in total. The van der Waals surface area contributed by atoms with E-state index >= 15 is 0 Å². The van der Waals surface area contributed by atoms with Crippen molar-refractivity contribution in [2.75, 3.05) is 0 Å². The van der Waals surface area contributed by atoms with E-state index in [1.54, 1.807) is 6.07 Å². The highest BCUT2D eigenvalue weighted by atomic mass is 79.9. The average Bonchev–Trinajstić information content (AvgIpc) is 2.13. The van der Waals surface area contributed by atoms with Gasteiger partial charge in [0.15, 0.2) is 0 Å². The lowest BCUT2D eigenvalue weighted by Crippen LogP contribution is -2.33. The van der Waals surface area contributed by atoms with Gasteiger partial charge in [-0.2, -0.15) is 5.26 Å². The van der Waals surface area contributed by atoms with Crippen LogP contribution in [0.3, 0.4) is 0 Å². The molecule has 0 aliphatic heterocycles. The minimum Gasteiger partial charge on any atom is -0.207 e. The van der Waals surface area contributed by atoms with E-state index in [-0.39, 0.29) is 10.9 Å². The average molecular weight is 339 g/mol. The van der Waals surface area contributed by atoms with Crippen LogP contribution in [-0.2, 0) is 10.0 Å². The van der Waals surface area contributed by atoms with Crippen LogP contribution in [0, 0.1) is 23.0 Å². The number of hydrogen-bond acceptors (Lipinski definition) is 3. The van der Waals surface area contributed by atoms with Crippen LogP contribution in [0.4, 0.5) is 8.78 Å². The molecule has 1 unspecified atom stereocenters. The number of nitriles is 1. The largest absolute Gasteiger partial charge is 0.244 e. The molecule has 1 aromatic rings. The summed E-state index contributed by atoms with van der Waals surface area (Å²) in [7, 11) is -4.15. The van der Waals surface area contributed by atoms with Gasteiger partial charge in [0.1, 0.15) is 16.5 Å². The van der Waals surface area contributed by atoms with Crippen molar-refractivity contribution in [3.8, 4) is 6.07 Å². The molecule has 0 amide bonds. The monoisotopic (exact) mass is 338 g/mol. The second kappa shape index (κ2) is 5.73. The first-order chi connectivity index (χ1) is 8.27. The summed E-state index contributed by atoms with van der Waals surface area (Å²) in [4.78, 5) is -0.673. The fourth-order valence-electron chi connectivity index (χ4n) is 1.29. The third kappa shape index (κ3) is 3.48. The zero-order chi connectivity index (χ0) is 13.9. The van der Waals surface area contributed by atoms with E-state index in [9.17, 15) is 17.2 Å². The van der Waals surface area contributed by atoms with Gasteiger partial charge < -0.3 is 0 Å². The van der Waals surface area contributed by atoms with Crippen LogP contribution in [0.1, 0.15) is 13.3 Å². The van der Waals surface area contributed by atoms with E-state index in [2.05, 4.69) is 20.7 Å². The van der Waals surface area contributed by atoms with Gasteiger partial charge in [-0.1, -0.05) is 0 Å². The number of hydrogen-bond donors (Lipinski definition) is 1. The first-order valence-electron chi connectivity index (χ1n) is 4.81. The maximum absolute atomic E-state index is 13.5. The molecule has 0 fully saturated rings. The highest BCUT2D eigenvalue weighted by Crippen LogP contribution is 2.26. The Kier molecular flexibility index (Phi) is 4.78. The molecular formula is C10H9BrF2N2O2S. The lowest BCUT2D eigenvalue weighted by atomic mass is 10.3. The molecule has 0 saturated heterocycles. The summed E-state index contributed by atoms with van der Waals surface area (Å²) in [6.45, 7) is 1.47. The third-order valence-electron chi connectivity index (χ3n) is 1.99. The molecule has 1 atom stereocenters. The van der Waals surface area contributed by atoms with E-state index in [1.807, 2.05) is 0 Å². The molecule has 8 heteroatoms. The molecule has 1 aromatic carbocycles. The summed E-state index contributed by atoms with van der Waals surface area (Å²) in [6.07, 6.45) is -0.0559. The molecule has 0 spiro atoms. The van der Waals surface area contributed by atoms with Gasteiger partial charge in [-0.25, -0.2) is 21.9 Å². The maximum atomic E-state index is 13.5. The molecule has 18 heavy (non-hydrogen) atoms. The lowest BCUT2D eigenvalue weighted by Gasteiger charge is -2.13. The van der Waals surface area contributed by atoms with Gasteiger partial charge in [-0.05, 0) is 28.9 Å². The smallest absolute Gasteiger partial charge is 0.207 e. The fourth-order valence-corrected chi connectivity index (χ4v) is 3.70. The van der Waals surface area contributed by atoms with Crippen LogP contribution in [0.25, 0.3) is 0 Å². The molecule has 0 aromatic heterocycles. The molecule has 0 aliphatic rings. The molecule has 0 heterocycles. The van der Waals surface area contributed by atoms with E-state index in [0.29, 0.717) is 6.07 Å².